The van der Waals surface area contributed by atoms with Crippen molar-refractivity contribution in [1.82, 2.24) is 10.2 Å². The maximum absolute atomic E-state index is 12.4. The predicted octanol–water partition coefficient (Wildman–Crippen LogP) is 2.61. The molecule has 3 rings (SSSR count). The summed E-state index contributed by atoms with van der Waals surface area (Å²) in [6.07, 6.45) is 2.34. The van der Waals surface area contributed by atoms with Gasteiger partial charge < -0.3 is 4.90 Å². The monoisotopic (exact) mass is 258 g/mol. The van der Waals surface area contributed by atoms with Crippen molar-refractivity contribution in [2.75, 3.05) is 0 Å². The zero-order valence-corrected chi connectivity index (χ0v) is 11.9. The van der Waals surface area contributed by atoms with Crippen LogP contribution < -0.4 is 5.32 Å². The molecule has 0 aromatic heterocycles. The molecule has 2 aliphatic rings. The van der Waals surface area contributed by atoms with Gasteiger partial charge in [0.05, 0.1) is 6.04 Å². The van der Waals surface area contributed by atoms with E-state index < -0.39 is 0 Å². The number of hydrogen-bond acceptors (Lipinski definition) is 2. The van der Waals surface area contributed by atoms with E-state index in [2.05, 4.69) is 48.3 Å². The van der Waals surface area contributed by atoms with Crippen LogP contribution in [0.15, 0.2) is 24.3 Å². The van der Waals surface area contributed by atoms with Gasteiger partial charge in [-0.1, -0.05) is 36.8 Å². The van der Waals surface area contributed by atoms with Gasteiger partial charge in [0.15, 0.2) is 0 Å². The molecule has 1 amide bonds. The summed E-state index contributed by atoms with van der Waals surface area (Å²) in [4.78, 5) is 14.4. The molecule has 1 aromatic rings. The second-order valence-corrected chi connectivity index (χ2v) is 6.18. The number of aryl methyl sites for hydroxylation is 1. The number of amides is 1. The lowest BCUT2D eigenvalue weighted by atomic mass is 9.80. The summed E-state index contributed by atoms with van der Waals surface area (Å²) in [5, 5.41) is 3.43. The summed E-state index contributed by atoms with van der Waals surface area (Å²) in [6, 6.07) is 8.85. The molecule has 0 bridgehead atoms. The number of nitrogens with zero attached hydrogens (tertiary/aromatic N) is 1. The number of carbonyl (C=O) groups excluding carboxylic acids is 1. The van der Waals surface area contributed by atoms with Crippen LogP contribution in [-0.2, 0) is 4.79 Å². The summed E-state index contributed by atoms with van der Waals surface area (Å²) < 4.78 is 0. The molecule has 1 saturated carbocycles. The van der Waals surface area contributed by atoms with E-state index in [0.717, 1.165) is 18.8 Å². The van der Waals surface area contributed by atoms with Crippen LogP contribution >= 0.6 is 0 Å². The van der Waals surface area contributed by atoms with Gasteiger partial charge in [0, 0.05) is 6.04 Å². The Morgan fingerprint density at radius 1 is 1.16 bits per heavy atom. The highest BCUT2D eigenvalue weighted by Crippen LogP contribution is 2.38. The van der Waals surface area contributed by atoms with Crippen LogP contribution in [0.1, 0.15) is 44.0 Å². The lowest BCUT2D eigenvalue weighted by Crippen LogP contribution is -2.46. The maximum Gasteiger partial charge on any atom is 0.241 e. The molecule has 1 saturated heterocycles. The summed E-state index contributed by atoms with van der Waals surface area (Å²) in [5.41, 5.74) is 2.45. The van der Waals surface area contributed by atoms with Crippen LogP contribution in [0.25, 0.3) is 0 Å². The summed E-state index contributed by atoms with van der Waals surface area (Å²) in [5.74, 6) is 1.01. The van der Waals surface area contributed by atoms with Gasteiger partial charge in [-0.15, -0.1) is 0 Å². The number of hydrogen-bond donors (Lipinski definition) is 1. The van der Waals surface area contributed by atoms with Gasteiger partial charge in [-0.25, -0.2) is 0 Å². The van der Waals surface area contributed by atoms with Crippen LogP contribution in [0.4, 0.5) is 0 Å². The van der Waals surface area contributed by atoms with Gasteiger partial charge in [0.1, 0.15) is 6.17 Å². The largest absolute Gasteiger partial charge is 0.319 e. The highest BCUT2D eigenvalue weighted by Gasteiger charge is 2.44. The Bertz CT molecular complexity index is 476. The Morgan fingerprint density at radius 3 is 2.37 bits per heavy atom. The van der Waals surface area contributed by atoms with Crippen molar-refractivity contribution in [3.05, 3.63) is 35.4 Å². The van der Waals surface area contributed by atoms with E-state index >= 15 is 0 Å². The molecule has 0 spiro atoms. The second kappa shape index (κ2) is 4.64. The predicted molar refractivity (Wildman–Crippen MR) is 75.5 cm³/mol. The Labute approximate surface area is 115 Å². The summed E-state index contributed by atoms with van der Waals surface area (Å²) in [7, 11) is 0. The van der Waals surface area contributed by atoms with Crippen molar-refractivity contribution >= 4 is 5.91 Å². The van der Waals surface area contributed by atoms with Crippen molar-refractivity contribution in [3.8, 4) is 0 Å². The lowest BCUT2D eigenvalue weighted by Gasteiger charge is -2.42. The minimum absolute atomic E-state index is 0.0561. The molecule has 1 aliphatic heterocycles. The first-order chi connectivity index (χ1) is 9.06. The van der Waals surface area contributed by atoms with Gasteiger partial charge in [-0.2, -0.15) is 0 Å². The fraction of sp³-hybridized carbons (Fsp3) is 0.562. The van der Waals surface area contributed by atoms with Crippen LogP contribution in [0.5, 0.6) is 0 Å². The normalized spacial score (nSPS) is 34.5. The van der Waals surface area contributed by atoms with Crippen LogP contribution in [0, 0.1) is 12.8 Å². The number of rotatable bonds is 2. The minimum Gasteiger partial charge on any atom is -0.319 e. The van der Waals surface area contributed by atoms with Crippen molar-refractivity contribution < 1.29 is 4.79 Å². The molecular formula is C16H22N2O. The van der Waals surface area contributed by atoms with E-state index in [1.54, 1.807) is 0 Å². The van der Waals surface area contributed by atoms with E-state index in [0.29, 0.717) is 6.04 Å². The summed E-state index contributed by atoms with van der Waals surface area (Å²) in [6.45, 7) is 6.31. The Kier molecular flexibility index (Phi) is 3.09. The third-order valence-corrected chi connectivity index (χ3v) is 4.45. The van der Waals surface area contributed by atoms with Gasteiger partial charge in [0.2, 0.25) is 5.91 Å². The SMILES string of the molecule is Cc1ccc(C2NC(C)C(=O)N2C2CC(C)C2)cc1. The van der Waals surface area contributed by atoms with E-state index in [9.17, 15) is 4.79 Å². The lowest BCUT2D eigenvalue weighted by molar-refractivity contribution is -0.134. The van der Waals surface area contributed by atoms with E-state index in [1.807, 2.05) is 6.92 Å². The third kappa shape index (κ3) is 2.16. The zero-order chi connectivity index (χ0) is 13.6. The molecule has 1 N–H and O–H groups in total. The van der Waals surface area contributed by atoms with Crippen LogP contribution in [-0.4, -0.2) is 22.9 Å². The highest BCUT2D eigenvalue weighted by molar-refractivity contribution is 5.84. The first-order valence-electron chi connectivity index (χ1n) is 7.21. The van der Waals surface area contributed by atoms with Crippen molar-refractivity contribution in [2.24, 2.45) is 5.92 Å². The standard InChI is InChI=1S/C16H22N2O/c1-10-4-6-13(7-5-10)15-17-12(3)16(19)18(15)14-8-11(2)9-14/h4-7,11-12,14-15,17H,8-9H2,1-3H3. The molecule has 3 nitrogen and oxygen atoms in total. The van der Waals surface area contributed by atoms with E-state index in [-0.39, 0.29) is 18.1 Å². The van der Waals surface area contributed by atoms with E-state index in [1.165, 1.54) is 11.1 Å². The molecule has 1 aliphatic carbocycles. The van der Waals surface area contributed by atoms with Gasteiger partial charge in [-0.05, 0) is 38.2 Å². The van der Waals surface area contributed by atoms with Gasteiger partial charge in [0.25, 0.3) is 0 Å². The number of nitrogens with one attached hydrogen (secondary N) is 1. The molecule has 1 aromatic carbocycles. The Balaban J connectivity index is 1.86. The fourth-order valence-electron chi connectivity index (χ4n) is 3.22. The van der Waals surface area contributed by atoms with Gasteiger partial charge in [-0.3, -0.25) is 10.1 Å². The highest BCUT2D eigenvalue weighted by atomic mass is 16.2. The maximum atomic E-state index is 12.4. The van der Waals surface area contributed by atoms with Crippen molar-refractivity contribution in [1.29, 1.82) is 0 Å². The molecule has 3 heteroatoms. The average molecular weight is 258 g/mol. The molecule has 19 heavy (non-hydrogen) atoms. The molecule has 102 valence electrons. The van der Waals surface area contributed by atoms with Crippen molar-refractivity contribution in [3.63, 3.8) is 0 Å². The summed E-state index contributed by atoms with van der Waals surface area (Å²) >= 11 is 0. The third-order valence-electron chi connectivity index (χ3n) is 4.45. The van der Waals surface area contributed by atoms with Crippen LogP contribution in [0.2, 0.25) is 0 Å². The number of benzene rings is 1. The first-order valence-corrected chi connectivity index (χ1v) is 7.21. The molecule has 2 unspecified atom stereocenters. The zero-order valence-electron chi connectivity index (χ0n) is 11.9. The smallest absolute Gasteiger partial charge is 0.241 e. The van der Waals surface area contributed by atoms with Gasteiger partial charge >= 0.3 is 0 Å². The van der Waals surface area contributed by atoms with Crippen molar-refractivity contribution in [2.45, 2.75) is 51.9 Å². The number of carbonyl (C=O) groups is 1. The van der Waals surface area contributed by atoms with Crippen LogP contribution in [0.3, 0.4) is 0 Å². The minimum atomic E-state index is -0.0674. The first kappa shape index (κ1) is 12.7. The average Bonchev–Trinajstić information content (AvgIpc) is 2.63. The molecule has 1 heterocycles. The molecular weight excluding hydrogens is 236 g/mol. The van der Waals surface area contributed by atoms with E-state index in [4.69, 9.17) is 0 Å². The topological polar surface area (TPSA) is 32.3 Å². The molecule has 2 fully saturated rings. The second-order valence-electron chi connectivity index (χ2n) is 6.18. The Hall–Kier alpha value is -1.35. The molecule has 2 atom stereocenters. The fourth-order valence-corrected chi connectivity index (χ4v) is 3.22. The quantitative estimate of drug-likeness (QED) is 0.884. The molecule has 0 radical (unpaired) electrons. The Morgan fingerprint density at radius 2 is 1.79 bits per heavy atom.